The molecule has 1 saturated heterocycles. The minimum Gasteiger partial charge on any atom is -0.370 e. The van der Waals surface area contributed by atoms with E-state index in [4.69, 9.17) is 11.6 Å². The van der Waals surface area contributed by atoms with Gasteiger partial charge >= 0.3 is 0 Å². The molecule has 1 aromatic carbocycles. The van der Waals surface area contributed by atoms with Crippen LogP contribution in [0.2, 0.25) is 5.02 Å². The number of nitrogens with one attached hydrogen (secondary N) is 1. The Bertz CT molecular complexity index is 426. The fourth-order valence-corrected chi connectivity index (χ4v) is 2.34. The highest BCUT2D eigenvalue weighted by atomic mass is 35.5. The first kappa shape index (κ1) is 13.1. The zero-order chi connectivity index (χ0) is 13.1. The average Bonchev–Trinajstić information content (AvgIpc) is 2.86. The number of likely N-dealkylation sites (tertiary alicyclic amines) is 1. The number of benzene rings is 1. The molecule has 1 heterocycles. The first-order valence-electron chi connectivity index (χ1n) is 6.09. The lowest BCUT2D eigenvalue weighted by Crippen LogP contribution is -2.39. The van der Waals surface area contributed by atoms with E-state index in [1.165, 1.54) is 12.1 Å². The maximum atomic E-state index is 13.6. The van der Waals surface area contributed by atoms with E-state index >= 15 is 0 Å². The van der Waals surface area contributed by atoms with Crippen LogP contribution in [-0.2, 0) is 4.79 Å². The molecule has 0 radical (unpaired) electrons. The van der Waals surface area contributed by atoms with Gasteiger partial charge in [-0.05, 0) is 31.9 Å². The van der Waals surface area contributed by atoms with E-state index in [9.17, 15) is 9.18 Å². The zero-order valence-electron chi connectivity index (χ0n) is 10.2. The zero-order valence-corrected chi connectivity index (χ0v) is 11.0. The first-order valence-corrected chi connectivity index (χ1v) is 6.46. The molecule has 2 rings (SSSR count). The van der Waals surface area contributed by atoms with Crippen LogP contribution < -0.4 is 5.32 Å². The van der Waals surface area contributed by atoms with Gasteiger partial charge in [0.2, 0.25) is 5.91 Å². The fraction of sp³-hybridized carbons (Fsp3) is 0.462. The van der Waals surface area contributed by atoms with Gasteiger partial charge < -0.3 is 10.2 Å². The van der Waals surface area contributed by atoms with Crippen LogP contribution in [0.4, 0.5) is 10.1 Å². The Hall–Kier alpha value is -1.29. The SMILES string of the molecule is CC(Nc1c(F)cccc1Cl)C(=O)N1CCCC1. The number of hydrogen-bond donors (Lipinski definition) is 1. The van der Waals surface area contributed by atoms with Gasteiger partial charge in [0.1, 0.15) is 11.9 Å². The Morgan fingerprint density at radius 3 is 2.72 bits per heavy atom. The van der Waals surface area contributed by atoms with Gasteiger partial charge in [0.05, 0.1) is 10.7 Å². The topological polar surface area (TPSA) is 32.3 Å². The summed E-state index contributed by atoms with van der Waals surface area (Å²) in [5.74, 6) is -0.449. The summed E-state index contributed by atoms with van der Waals surface area (Å²) < 4.78 is 13.6. The molecule has 1 fully saturated rings. The van der Waals surface area contributed by atoms with Crippen LogP contribution in [0, 0.1) is 5.82 Å². The van der Waals surface area contributed by atoms with Crippen molar-refractivity contribution in [1.82, 2.24) is 4.90 Å². The Labute approximate surface area is 111 Å². The molecule has 18 heavy (non-hydrogen) atoms. The van der Waals surface area contributed by atoms with E-state index in [1.807, 2.05) is 0 Å². The molecular formula is C13H16ClFN2O. The summed E-state index contributed by atoms with van der Waals surface area (Å²) in [5, 5.41) is 3.14. The summed E-state index contributed by atoms with van der Waals surface area (Å²) in [6.45, 7) is 3.30. The number of nitrogens with zero attached hydrogens (tertiary/aromatic N) is 1. The summed E-state index contributed by atoms with van der Waals surface area (Å²) in [6, 6.07) is 3.98. The maximum absolute atomic E-state index is 13.6. The minimum atomic E-state index is -0.475. The molecular weight excluding hydrogens is 255 g/mol. The molecule has 0 bridgehead atoms. The summed E-state index contributed by atoms with van der Waals surface area (Å²) in [4.78, 5) is 13.9. The monoisotopic (exact) mass is 270 g/mol. The molecule has 1 amide bonds. The van der Waals surface area contributed by atoms with Gasteiger partial charge in [-0.1, -0.05) is 17.7 Å². The molecule has 1 aliphatic heterocycles. The Morgan fingerprint density at radius 2 is 2.11 bits per heavy atom. The quantitative estimate of drug-likeness (QED) is 0.916. The number of anilines is 1. The number of rotatable bonds is 3. The van der Waals surface area contributed by atoms with E-state index in [0.29, 0.717) is 0 Å². The molecule has 98 valence electrons. The predicted octanol–water partition coefficient (Wildman–Crippen LogP) is 2.90. The summed E-state index contributed by atoms with van der Waals surface area (Å²) in [6.07, 6.45) is 2.08. The highest BCUT2D eigenvalue weighted by Gasteiger charge is 2.24. The summed E-state index contributed by atoms with van der Waals surface area (Å²) in [5.41, 5.74) is 0.194. The second kappa shape index (κ2) is 5.57. The predicted molar refractivity (Wildman–Crippen MR) is 70.3 cm³/mol. The van der Waals surface area contributed by atoms with Crippen molar-refractivity contribution in [2.24, 2.45) is 0 Å². The van der Waals surface area contributed by atoms with Gasteiger partial charge in [-0.2, -0.15) is 0 Å². The van der Waals surface area contributed by atoms with E-state index in [2.05, 4.69) is 5.32 Å². The largest absolute Gasteiger partial charge is 0.370 e. The van der Waals surface area contributed by atoms with Crippen molar-refractivity contribution in [1.29, 1.82) is 0 Å². The number of para-hydroxylation sites is 1. The van der Waals surface area contributed by atoms with E-state index < -0.39 is 11.9 Å². The Balaban J connectivity index is 2.06. The second-order valence-corrected chi connectivity index (χ2v) is 4.90. The lowest BCUT2D eigenvalue weighted by atomic mass is 10.2. The van der Waals surface area contributed by atoms with E-state index in [-0.39, 0.29) is 16.6 Å². The van der Waals surface area contributed by atoms with Crippen LogP contribution in [0.5, 0.6) is 0 Å². The summed E-state index contributed by atoms with van der Waals surface area (Å²) >= 11 is 5.91. The minimum absolute atomic E-state index is 0.00757. The number of carbonyl (C=O) groups excluding carboxylic acids is 1. The van der Waals surface area contributed by atoms with Crippen molar-refractivity contribution >= 4 is 23.2 Å². The molecule has 0 spiro atoms. The maximum Gasteiger partial charge on any atom is 0.244 e. The van der Waals surface area contributed by atoms with Gasteiger partial charge in [-0.15, -0.1) is 0 Å². The lowest BCUT2D eigenvalue weighted by Gasteiger charge is -2.22. The number of halogens is 2. The van der Waals surface area contributed by atoms with Gasteiger partial charge in [-0.25, -0.2) is 4.39 Å². The molecule has 1 aromatic rings. The second-order valence-electron chi connectivity index (χ2n) is 4.50. The van der Waals surface area contributed by atoms with Crippen molar-refractivity contribution in [3.8, 4) is 0 Å². The van der Waals surface area contributed by atoms with Gasteiger partial charge in [0.25, 0.3) is 0 Å². The average molecular weight is 271 g/mol. The van der Waals surface area contributed by atoms with Crippen LogP contribution in [0.15, 0.2) is 18.2 Å². The highest BCUT2D eigenvalue weighted by molar-refractivity contribution is 6.33. The number of amides is 1. The van der Waals surface area contributed by atoms with E-state index in [1.54, 1.807) is 17.9 Å². The van der Waals surface area contributed by atoms with Crippen molar-refractivity contribution < 1.29 is 9.18 Å². The van der Waals surface area contributed by atoms with Crippen molar-refractivity contribution in [3.63, 3.8) is 0 Å². The molecule has 1 N–H and O–H groups in total. The standard InChI is InChI=1S/C13H16ClFN2O/c1-9(13(18)17-7-2-3-8-17)16-12-10(14)5-4-6-11(12)15/h4-6,9,16H,2-3,7-8H2,1H3. The molecule has 1 atom stereocenters. The van der Waals surface area contributed by atoms with Gasteiger partial charge in [-0.3, -0.25) is 4.79 Å². The lowest BCUT2D eigenvalue weighted by molar-refractivity contribution is -0.130. The third-order valence-corrected chi connectivity index (χ3v) is 3.43. The van der Waals surface area contributed by atoms with Crippen LogP contribution in [0.1, 0.15) is 19.8 Å². The molecule has 1 aliphatic rings. The molecule has 5 heteroatoms. The molecule has 0 saturated carbocycles. The Kier molecular flexibility index (Phi) is 4.07. The van der Waals surface area contributed by atoms with Gasteiger partial charge in [0.15, 0.2) is 0 Å². The smallest absolute Gasteiger partial charge is 0.244 e. The first-order chi connectivity index (χ1) is 8.59. The fourth-order valence-electron chi connectivity index (χ4n) is 2.13. The number of hydrogen-bond acceptors (Lipinski definition) is 2. The number of carbonyl (C=O) groups is 1. The van der Waals surface area contributed by atoms with Crippen LogP contribution in [0.3, 0.4) is 0 Å². The third kappa shape index (κ3) is 2.75. The Morgan fingerprint density at radius 1 is 1.44 bits per heavy atom. The molecule has 1 unspecified atom stereocenters. The molecule has 0 aromatic heterocycles. The summed E-state index contributed by atoms with van der Waals surface area (Å²) in [7, 11) is 0. The van der Waals surface area contributed by atoms with Crippen LogP contribution in [0.25, 0.3) is 0 Å². The van der Waals surface area contributed by atoms with Gasteiger partial charge in [0, 0.05) is 13.1 Å². The molecule has 3 nitrogen and oxygen atoms in total. The normalized spacial score (nSPS) is 16.7. The van der Waals surface area contributed by atoms with Crippen molar-refractivity contribution in [2.75, 3.05) is 18.4 Å². The van der Waals surface area contributed by atoms with Crippen molar-refractivity contribution in [2.45, 2.75) is 25.8 Å². The third-order valence-electron chi connectivity index (χ3n) is 3.11. The van der Waals surface area contributed by atoms with Crippen LogP contribution in [-0.4, -0.2) is 29.9 Å². The van der Waals surface area contributed by atoms with Crippen LogP contribution >= 0.6 is 11.6 Å². The van der Waals surface area contributed by atoms with E-state index in [0.717, 1.165) is 25.9 Å². The molecule has 0 aliphatic carbocycles. The van der Waals surface area contributed by atoms with Crippen molar-refractivity contribution in [3.05, 3.63) is 29.0 Å². The highest BCUT2D eigenvalue weighted by Crippen LogP contribution is 2.25.